The van der Waals surface area contributed by atoms with Crippen LogP contribution in [-0.4, -0.2) is 34.5 Å². The van der Waals surface area contributed by atoms with Crippen LogP contribution >= 0.6 is 0 Å². The molecule has 1 aromatic heterocycles. The first-order valence-corrected chi connectivity index (χ1v) is 6.13. The van der Waals surface area contributed by atoms with Gasteiger partial charge >= 0.3 is 12.1 Å². The summed E-state index contributed by atoms with van der Waals surface area (Å²) in [5, 5.41) is 3.14. The number of nitrogens with zero attached hydrogens (tertiary/aromatic N) is 3. The summed E-state index contributed by atoms with van der Waals surface area (Å²) in [4.78, 5) is 16.2. The Balaban J connectivity index is 2.31. The molecule has 0 atom stereocenters. The number of terminal acetylenes is 1. The molecule has 9 heteroatoms. The summed E-state index contributed by atoms with van der Waals surface area (Å²) in [6.07, 6.45) is 0.270. The van der Waals surface area contributed by atoms with Crippen LogP contribution in [0.1, 0.15) is 16.2 Å². The van der Waals surface area contributed by atoms with Gasteiger partial charge in [0, 0.05) is 12.6 Å². The highest BCUT2D eigenvalue weighted by molar-refractivity contribution is 5.94. The van der Waals surface area contributed by atoms with Gasteiger partial charge in [-0.25, -0.2) is 4.39 Å². The molecule has 0 spiro atoms. The zero-order valence-corrected chi connectivity index (χ0v) is 11.7. The molecule has 2 rings (SSSR count). The van der Waals surface area contributed by atoms with Gasteiger partial charge in [-0.3, -0.25) is 4.79 Å². The molecule has 0 bridgehead atoms. The molecule has 0 fully saturated rings. The molecule has 5 nitrogen and oxygen atoms in total. The van der Waals surface area contributed by atoms with Crippen molar-refractivity contribution in [2.45, 2.75) is 6.18 Å². The molecule has 0 radical (unpaired) electrons. The Morgan fingerprint density at radius 1 is 1.43 bits per heavy atom. The van der Waals surface area contributed by atoms with E-state index >= 15 is 0 Å². The molecule has 120 valence electrons. The monoisotopic (exact) mass is 327 g/mol. The summed E-state index contributed by atoms with van der Waals surface area (Å²) in [6, 6.07) is 3.18. The van der Waals surface area contributed by atoms with Crippen LogP contribution < -0.4 is 0 Å². The van der Waals surface area contributed by atoms with Crippen LogP contribution in [0.15, 0.2) is 22.7 Å². The smallest absolute Gasteiger partial charge is 0.330 e. The molecule has 0 aliphatic carbocycles. The summed E-state index contributed by atoms with van der Waals surface area (Å²) in [5.41, 5.74) is -0.330. The largest absolute Gasteiger partial charge is 0.471 e. The van der Waals surface area contributed by atoms with E-state index in [1.807, 2.05) is 0 Å². The number of benzene rings is 1. The predicted octanol–water partition coefficient (Wildman–Crippen LogP) is 2.60. The molecule has 0 aliphatic heterocycles. The maximum atomic E-state index is 14.0. The van der Waals surface area contributed by atoms with Crippen molar-refractivity contribution in [2.24, 2.45) is 0 Å². The van der Waals surface area contributed by atoms with Crippen LogP contribution in [0.2, 0.25) is 0 Å². The topological polar surface area (TPSA) is 59.2 Å². The van der Waals surface area contributed by atoms with E-state index in [4.69, 9.17) is 6.42 Å². The zero-order valence-electron chi connectivity index (χ0n) is 11.7. The van der Waals surface area contributed by atoms with E-state index in [0.717, 1.165) is 17.0 Å². The van der Waals surface area contributed by atoms with E-state index in [0.29, 0.717) is 0 Å². The van der Waals surface area contributed by atoms with Gasteiger partial charge in [-0.05, 0) is 12.1 Å². The van der Waals surface area contributed by atoms with Crippen LogP contribution in [0.4, 0.5) is 17.6 Å². The number of hydrogen-bond acceptors (Lipinski definition) is 4. The van der Waals surface area contributed by atoms with Crippen molar-refractivity contribution in [2.75, 3.05) is 13.6 Å². The average Bonchev–Trinajstić information content (AvgIpc) is 2.96. The van der Waals surface area contributed by atoms with Crippen LogP contribution in [0.5, 0.6) is 0 Å². The first-order valence-electron chi connectivity index (χ1n) is 6.13. The molecular weight excluding hydrogens is 318 g/mol. The summed E-state index contributed by atoms with van der Waals surface area (Å²) in [7, 11) is 1.39. The minimum Gasteiger partial charge on any atom is -0.330 e. The molecule has 1 amide bonds. The molecule has 0 aliphatic rings. The quantitative estimate of drug-likeness (QED) is 0.642. The molecule has 2 aromatic rings. The molecule has 1 aromatic carbocycles. The molecule has 0 unspecified atom stereocenters. The highest BCUT2D eigenvalue weighted by Gasteiger charge is 2.38. The van der Waals surface area contributed by atoms with Crippen molar-refractivity contribution in [1.29, 1.82) is 0 Å². The third-order valence-electron chi connectivity index (χ3n) is 2.80. The summed E-state index contributed by atoms with van der Waals surface area (Å²) in [6.45, 7) is -0.0141. The normalized spacial score (nSPS) is 11.1. The van der Waals surface area contributed by atoms with Crippen molar-refractivity contribution in [3.05, 3.63) is 35.5 Å². The summed E-state index contributed by atoms with van der Waals surface area (Å²) in [5.74, 6) is -1.33. The third kappa shape index (κ3) is 3.48. The lowest BCUT2D eigenvalue weighted by Crippen LogP contribution is -2.27. The molecule has 0 saturated carbocycles. The summed E-state index contributed by atoms with van der Waals surface area (Å²) < 4.78 is 55.3. The van der Waals surface area contributed by atoms with Crippen molar-refractivity contribution >= 4 is 5.91 Å². The number of halogens is 4. The minimum absolute atomic E-state index is 0.0141. The standard InChI is InChI=1S/C14H9F4N3O2/c1-3-6-21(2)12(22)9-5-4-8(7-10(9)15)11-19-13(23-20-11)14(16,17)18/h1,4-5,7H,6H2,2H3. The highest BCUT2D eigenvalue weighted by Crippen LogP contribution is 2.29. The van der Waals surface area contributed by atoms with Crippen molar-refractivity contribution < 1.29 is 26.9 Å². The van der Waals surface area contributed by atoms with Crippen LogP contribution in [0.25, 0.3) is 11.4 Å². The Morgan fingerprint density at radius 2 is 2.13 bits per heavy atom. The van der Waals surface area contributed by atoms with Gasteiger partial charge in [0.25, 0.3) is 5.91 Å². The fourth-order valence-corrected chi connectivity index (χ4v) is 1.70. The SMILES string of the molecule is C#CCN(C)C(=O)c1ccc(-c2noc(C(F)(F)F)n2)cc1F. The zero-order chi connectivity index (χ0) is 17.2. The van der Waals surface area contributed by atoms with Gasteiger partial charge < -0.3 is 9.42 Å². The lowest BCUT2D eigenvalue weighted by molar-refractivity contribution is -0.159. The Hall–Kier alpha value is -2.89. The Kier molecular flexibility index (Phi) is 4.36. The molecule has 0 saturated heterocycles. The number of rotatable bonds is 3. The lowest BCUT2D eigenvalue weighted by Gasteiger charge is -2.14. The maximum Gasteiger partial charge on any atom is 0.471 e. The number of amides is 1. The summed E-state index contributed by atoms with van der Waals surface area (Å²) >= 11 is 0. The van der Waals surface area contributed by atoms with Gasteiger partial charge in [-0.1, -0.05) is 17.1 Å². The van der Waals surface area contributed by atoms with Crippen LogP contribution in [-0.2, 0) is 6.18 Å². The van der Waals surface area contributed by atoms with Crippen molar-refractivity contribution in [1.82, 2.24) is 15.0 Å². The van der Waals surface area contributed by atoms with E-state index in [2.05, 4.69) is 20.6 Å². The minimum atomic E-state index is -4.79. The van der Waals surface area contributed by atoms with Gasteiger partial charge in [0.1, 0.15) is 5.82 Å². The number of alkyl halides is 3. The van der Waals surface area contributed by atoms with Gasteiger partial charge in [0.15, 0.2) is 0 Å². The van der Waals surface area contributed by atoms with Crippen molar-refractivity contribution in [3.8, 4) is 23.7 Å². The van der Waals surface area contributed by atoms with Gasteiger partial charge in [0.05, 0.1) is 12.1 Å². The van der Waals surface area contributed by atoms with E-state index in [1.54, 1.807) is 0 Å². The Labute approximate surface area is 127 Å². The number of carbonyl (C=O) groups excluding carboxylic acids is 1. The molecule has 1 heterocycles. The van der Waals surface area contributed by atoms with Gasteiger partial charge in [0.2, 0.25) is 5.82 Å². The molecular formula is C14H9F4N3O2. The number of hydrogen-bond donors (Lipinski definition) is 0. The Bertz CT molecular complexity index is 777. The van der Waals surface area contributed by atoms with Crippen LogP contribution in [0, 0.1) is 18.2 Å². The van der Waals surface area contributed by atoms with E-state index in [9.17, 15) is 22.4 Å². The number of aromatic nitrogens is 2. The van der Waals surface area contributed by atoms with Gasteiger partial charge in [-0.15, -0.1) is 6.42 Å². The first kappa shape index (κ1) is 16.5. The molecule has 0 N–H and O–H groups in total. The fraction of sp³-hybridized carbons (Fsp3) is 0.214. The number of carbonyl (C=O) groups is 1. The van der Waals surface area contributed by atoms with E-state index in [-0.39, 0.29) is 17.7 Å². The Morgan fingerprint density at radius 3 is 2.65 bits per heavy atom. The van der Waals surface area contributed by atoms with E-state index in [1.165, 1.54) is 13.1 Å². The van der Waals surface area contributed by atoms with Gasteiger partial charge in [-0.2, -0.15) is 18.2 Å². The second-order valence-corrected chi connectivity index (χ2v) is 4.48. The predicted molar refractivity (Wildman–Crippen MR) is 70.5 cm³/mol. The highest BCUT2D eigenvalue weighted by atomic mass is 19.4. The van der Waals surface area contributed by atoms with Crippen molar-refractivity contribution in [3.63, 3.8) is 0 Å². The lowest BCUT2D eigenvalue weighted by atomic mass is 10.1. The second-order valence-electron chi connectivity index (χ2n) is 4.48. The fourth-order valence-electron chi connectivity index (χ4n) is 1.70. The first-order chi connectivity index (χ1) is 10.7. The third-order valence-corrected chi connectivity index (χ3v) is 2.80. The molecule has 23 heavy (non-hydrogen) atoms. The van der Waals surface area contributed by atoms with Crippen LogP contribution in [0.3, 0.4) is 0 Å². The van der Waals surface area contributed by atoms with E-state index < -0.39 is 29.6 Å². The average molecular weight is 327 g/mol. The second kappa shape index (κ2) is 6.08. The maximum absolute atomic E-state index is 14.0.